The maximum atomic E-state index is 13.1. The van der Waals surface area contributed by atoms with Gasteiger partial charge in [0, 0.05) is 17.8 Å². The van der Waals surface area contributed by atoms with Gasteiger partial charge in [0.2, 0.25) is 0 Å². The Morgan fingerprint density at radius 2 is 1.85 bits per heavy atom. The van der Waals surface area contributed by atoms with Crippen LogP contribution in [-0.2, 0) is 22.9 Å². The van der Waals surface area contributed by atoms with Crippen LogP contribution in [-0.4, -0.2) is 36.2 Å². The van der Waals surface area contributed by atoms with Crippen molar-refractivity contribution in [3.8, 4) is 11.4 Å². The van der Waals surface area contributed by atoms with Crippen LogP contribution in [0, 0.1) is 0 Å². The number of carbonyl (C=O) groups is 1. The van der Waals surface area contributed by atoms with Gasteiger partial charge in [-0.1, -0.05) is 6.07 Å². The normalized spacial score (nSPS) is 13.5. The number of aryl methyl sites for hydroxylation is 2. The van der Waals surface area contributed by atoms with Gasteiger partial charge in [0.25, 0.3) is 15.9 Å². The van der Waals surface area contributed by atoms with Gasteiger partial charge in [0.05, 0.1) is 18.3 Å². The van der Waals surface area contributed by atoms with Crippen LogP contribution in [0.4, 0.5) is 0 Å². The van der Waals surface area contributed by atoms with Gasteiger partial charge < -0.3 is 4.74 Å². The maximum Gasteiger partial charge on any atom is 0.283 e. The molecule has 2 aromatic carbocycles. The Labute approximate surface area is 191 Å². The molecule has 0 bridgehead atoms. The molecule has 2 heterocycles. The molecule has 0 saturated heterocycles. The van der Waals surface area contributed by atoms with E-state index in [9.17, 15) is 13.2 Å². The summed E-state index contributed by atoms with van der Waals surface area (Å²) in [6.45, 7) is 0. The highest BCUT2D eigenvalue weighted by molar-refractivity contribution is 7.90. The second-order valence-electron chi connectivity index (χ2n) is 7.90. The largest absolute Gasteiger partial charge is 0.495 e. The minimum absolute atomic E-state index is 0.000571. The van der Waals surface area contributed by atoms with E-state index in [0.717, 1.165) is 47.9 Å². The van der Waals surface area contributed by atoms with Crippen molar-refractivity contribution in [3.63, 3.8) is 0 Å². The van der Waals surface area contributed by atoms with Crippen LogP contribution in [0.15, 0.2) is 65.8 Å². The number of nitrogens with zero attached hydrogens (tertiary/aromatic N) is 3. The topological polar surface area (TPSA) is 103 Å². The van der Waals surface area contributed by atoms with Crippen molar-refractivity contribution in [2.24, 2.45) is 0 Å². The van der Waals surface area contributed by atoms with Crippen LogP contribution in [0.3, 0.4) is 0 Å². The Balaban J connectivity index is 1.47. The zero-order chi connectivity index (χ0) is 23.0. The molecule has 0 spiro atoms. The molecular formula is C24H22N4O4S. The molecule has 0 unspecified atom stereocenters. The van der Waals surface area contributed by atoms with Crippen molar-refractivity contribution in [1.82, 2.24) is 19.5 Å². The van der Waals surface area contributed by atoms with Gasteiger partial charge >= 0.3 is 0 Å². The summed E-state index contributed by atoms with van der Waals surface area (Å²) >= 11 is 0. The lowest BCUT2D eigenvalue weighted by molar-refractivity contribution is 0.0977. The van der Waals surface area contributed by atoms with Crippen molar-refractivity contribution in [2.45, 2.75) is 30.6 Å². The third-order valence-corrected chi connectivity index (χ3v) is 7.19. The Morgan fingerprint density at radius 3 is 2.58 bits per heavy atom. The first kappa shape index (κ1) is 21.1. The van der Waals surface area contributed by atoms with Crippen LogP contribution < -0.4 is 9.46 Å². The molecule has 0 saturated carbocycles. The fourth-order valence-electron chi connectivity index (χ4n) is 4.22. The summed E-state index contributed by atoms with van der Waals surface area (Å²) in [5, 5.41) is 5.03. The van der Waals surface area contributed by atoms with Crippen molar-refractivity contribution in [3.05, 3.63) is 77.7 Å². The molecule has 1 amide bonds. The molecular weight excluding hydrogens is 440 g/mol. The fraction of sp³-hybridized carbons (Fsp3) is 0.208. The van der Waals surface area contributed by atoms with Crippen molar-refractivity contribution in [2.75, 3.05) is 7.11 Å². The molecule has 9 heteroatoms. The minimum atomic E-state index is -4.16. The highest BCUT2D eigenvalue weighted by Gasteiger charge is 2.26. The zero-order valence-electron chi connectivity index (χ0n) is 18.0. The SMILES string of the molecule is COc1cc2c(cc1S(=O)(=O)NC(=O)c1ccc3c(-n4cccn4)cccc3n1)CCCC2. The second-order valence-corrected chi connectivity index (χ2v) is 9.56. The van der Waals surface area contributed by atoms with Crippen LogP contribution >= 0.6 is 0 Å². The zero-order valence-corrected chi connectivity index (χ0v) is 18.8. The van der Waals surface area contributed by atoms with E-state index >= 15 is 0 Å². The number of methoxy groups -OCH3 is 1. The number of amides is 1. The molecule has 0 atom stereocenters. The fourth-order valence-corrected chi connectivity index (χ4v) is 5.38. The summed E-state index contributed by atoms with van der Waals surface area (Å²) in [6, 6.07) is 13.9. The quantitative estimate of drug-likeness (QED) is 0.487. The number of sulfonamides is 1. The average Bonchev–Trinajstić information content (AvgIpc) is 3.37. The highest BCUT2D eigenvalue weighted by Crippen LogP contribution is 2.32. The van der Waals surface area contributed by atoms with Gasteiger partial charge in [-0.3, -0.25) is 4.79 Å². The lowest BCUT2D eigenvalue weighted by Gasteiger charge is -2.19. The number of hydrogen-bond donors (Lipinski definition) is 1. The average molecular weight is 463 g/mol. The van der Waals surface area contributed by atoms with Gasteiger partial charge in [-0.2, -0.15) is 5.10 Å². The lowest BCUT2D eigenvalue weighted by atomic mass is 9.92. The van der Waals surface area contributed by atoms with Gasteiger partial charge in [-0.05, 0) is 79.3 Å². The number of ether oxygens (including phenoxy) is 1. The Hall–Kier alpha value is -3.72. The van der Waals surface area contributed by atoms with E-state index in [1.165, 1.54) is 13.2 Å². The number of aromatic nitrogens is 3. The Morgan fingerprint density at radius 1 is 1.06 bits per heavy atom. The maximum absolute atomic E-state index is 13.1. The number of pyridine rings is 1. The van der Waals surface area contributed by atoms with Gasteiger partial charge in [-0.25, -0.2) is 22.8 Å². The van der Waals surface area contributed by atoms with Gasteiger partial charge in [0.15, 0.2) is 0 Å². The first-order valence-electron chi connectivity index (χ1n) is 10.6. The molecule has 1 aliphatic carbocycles. The predicted molar refractivity (Wildman–Crippen MR) is 123 cm³/mol. The molecule has 1 N–H and O–H groups in total. The van der Waals surface area contributed by atoms with E-state index in [4.69, 9.17) is 4.74 Å². The summed E-state index contributed by atoms with van der Waals surface area (Å²) in [4.78, 5) is 17.2. The molecule has 8 nitrogen and oxygen atoms in total. The molecule has 4 aromatic rings. The van der Waals surface area contributed by atoms with Crippen molar-refractivity contribution < 1.29 is 17.9 Å². The summed E-state index contributed by atoms with van der Waals surface area (Å²) in [5.41, 5.74) is 3.43. The number of fused-ring (bicyclic) bond motifs is 2. The molecule has 5 rings (SSSR count). The number of nitrogens with one attached hydrogen (secondary N) is 1. The predicted octanol–water partition coefficient (Wildman–Crippen LogP) is 3.43. The number of carbonyl (C=O) groups excluding carboxylic acids is 1. The summed E-state index contributed by atoms with van der Waals surface area (Å²) < 4.78 is 35.4. The first-order chi connectivity index (χ1) is 16.0. The van der Waals surface area contributed by atoms with Crippen LogP contribution in [0.2, 0.25) is 0 Å². The molecule has 0 radical (unpaired) electrons. The molecule has 1 aliphatic rings. The molecule has 0 aliphatic heterocycles. The molecule has 33 heavy (non-hydrogen) atoms. The second kappa shape index (κ2) is 8.32. The van der Waals surface area contributed by atoms with Crippen LogP contribution in [0.1, 0.15) is 34.5 Å². The van der Waals surface area contributed by atoms with E-state index in [0.29, 0.717) is 5.52 Å². The highest BCUT2D eigenvalue weighted by atomic mass is 32.2. The lowest BCUT2D eigenvalue weighted by Crippen LogP contribution is -2.31. The van der Waals surface area contributed by atoms with Gasteiger partial charge in [0.1, 0.15) is 16.3 Å². The third kappa shape index (κ3) is 3.95. The summed E-state index contributed by atoms with van der Waals surface area (Å²) in [5.74, 6) is -0.576. The van der Waals surface area contributed by atoms with E-state index in [-0.39, 0.29) is 16.3 Å². The number of rotatable bonds is 5. The van der Waals surface area contributed by atoms with Crippen LogP contribution in [0.5, 0.6) is 5.75 Å². The van der Waals surface area contributed by atoms with Crippen molar-refractivity contribution >= 4 is 26.8 Å². The summed E-state index contributed by atoms with van der Waals surface area (Å²) in [7, 11) is -2.74. The monoisotopic (exact) mass is 462 g/mol. The van der Waals surface area contributed by atoms with E-state index < -0.39 is 15.9 Å². The van der Waals surface area contributed by atoms with Gasteiger partial charge in [-0.15, -0.1) is 0 Å². The Kier molecular flexibility index (Phi) is 5.33. The van der Waals surface area contributed by atoms with E-state index in [1.54, 1.807) is 35.1 Å². The molecule has 0 fully saturated rings. The third-order valence-electron chi connectivity index (χ3n) is 5.84. The van der Waals surface area contributed by atoms with Crippen molar-refractivity contribution in [1.29, 1.82) is 0 Å². The smallest absolute Gasteiger partial charge is 0.283 e. The van der Waals surface area contributed by atoms with E-state index in [1.807, 2.05) is 24.4 Å². The summed E-state index contributed by atoms with van der Waals surface area (Å²) in [6.07, 6.45) is 7.25. The number of benzene rings is 2. The minimum Gasteiger partial charge on any atom is -0.495 e. The van der Waals surface area contributed by atoms with Crippen LogP contribution in [0.25, 0.3) is 16.6 Å². The Bertz CT molecular complexity index is 1460. The standard InChI is InChI=1S/C24H22N4O4S/c1-32-22-14-16-6-2-3-7-17(16)15-23(22)33(30,31)27-24(29)20-11-10-18-19(26-20)8-4-9-21(18)28-13-5-12-25-28/h4-5,8-15H,2-3,6-7H2,1H3,(H,27,29). The number of hydrogen-bond acceptors (Lipinski definition) is 6. The first-order valence-corrected chi connectivity index (χ1v) is 12.1. The van der Waals surface area contributed by atoms with E-state index in [2.05, 4.69) is 14.8 Å². The molecule has 2 aromatic heterocycles. The molecule has 168 valence electrons.